The van der Waals surface area contributed by atoms with Crippen molar-refractivity contribution < 1.29 is 18.8 Å². The molecule has 4 nitrogen and oxygen atoms in total. The number of aromatic carboxylic acids is 1. The SMILES string of the molecule is O=C(O)c1cc(-c2cccc(F)c2)no1. The summed E-state index contributed by atoms with van der Waals surface area (Å²) < 4.78 is 17.4. The number of aromatic nitrogens is 1. The zero-order valence-corrected chi connectivity index (χ0v) is 7.48. The molecule has 0 aliphatic heterocycles. The average molecular weight is 207 g/mol. The Labute approximate surface area is 83.9 Å². The molecule has 1 N–H and O–H groups in total. The predicted octanol–water partition coefficient (Wildman–Crippen LogP) is 2.18. The van der Waals surface area contributed by atoms with E-state index in [0.29, 0.717) is 11.3 Å². The maximum Gasteiger partial charge on any atom is 0.374 e. The topological polar surface area (TPSA) is 63.3 Å². The zero-order valence-electron chi connectivity index (χ0n) is 7.48. The standard InChI is InChI=1S/C10H6FNO3/c11-7-3-1-2-6(4-7)8-5-9(10(13)14)15-12-8/h1-5H,(H,13,14). The van der Waals surface area contributed by atoms with Crippen LogP contribution in [0, 0.1) is 5.82 Å². The minimum atomic E-state index is -1.20. The molecular weight excluding hydrogens is 201 g/mol. The number of carboxylic acid groups (broad SMARTS) is 1. The predicted molar refractivity (Wildman–Crippen MR) is 48.9 cm³/mol. The van der Waals surface area contributed by atoms with Crippen LogP contribution in [0.5, 0.6) is 0 Å². The fourth-order valence-electron chi connectivity index (χ4n) is 1.16. The molecule has 0 saturated carbocycles. The van der Waals surface area contributed by atoms with E-state index in [0.717, 1.165) is 0 Å². The molecule has 0 aliphatic rings. The van der Waals surface area contributed by atoms with Crippen LogP contribution in [-0.4, -0.2) is 16.2 Å². The van der Waals surface area contributed by atoms with Crippen LogP contribution in [0.3, 0.4) is 0 Å². The van der Waals surface area contributed by atoms with Gasteiger partial charge >= 0.3 is 5.97 Å². The lowest BCUT2D eigenvalue weighted by Crippen LogP contribution is -1.91. The lowest BCUT2D eigenvalue weighted by molar-refractivity contribution is 0.0652. The number of carboxylic acids is 1. The highest BCUT2D eigenvalue weighted by Gasteiger charge is 2.12. The molecule has 15 heavy (non-hydrogen) atoms. The summed E-state index contributed by atoms with van der Waals surface area (Å²) in [5.41, 5.74) is 0.776. The van der Waals surface area contributed by atoms with Gasteiger partial charge in [-0.1, -0.05) is 17.3 Å². The minimum Gasteiger partial charge on any atom is -0.475 e. The average Bonchev–Trinajstić information content (AvgIpc) is 2.66. The summed E-state index contributed by atoms with van der Waals surface area (Å²) >= 11 is 0. The lowest BCUT2D eigenvalue weighted by atomic mass is 10.1. The Hall–Kier alpha value is -2.17. The van der Waals surface area contributed by atoms with E-state index in [2.05, 4.69) is 9.68 Å². The van der Waals surface area contributed by atoms with E-state index in [4.69, 9.17) is 5.11 Å². The molecule has 1 heterocycles. The molecule has 2 rings (SSSR count). The number of hydrogen-bond donors (Lipinski definition) is 1. The first-order chi connectivity index (χ1) is 7.16. The summed E-state index contributed by atoms with van der Waals surface area (Å²) in [6.07, 6.45) is 0. The highest BCUT2D eigenvalue weighted by atomic mass is 19.1. The van der Waals surface area contributed by atoms with E-state index in [9.17, 15) is 9.18 Å². The summed E-state index contributed by atoms with van der Waals surface area (Å²) in [6.45, 7) is 0. The second-order valence-electron chi connectivity index (χ2n) is 2.89. The molecule has 0 radical (unpaired) electrons. The highest BCUT2D eigenvalue weighted by Crippen LogP contribution is 2.19. The summed E-state index contributed by atoms with van der Waals surface area (Å²) in [5, 5.41) is 12.1. The summed E-state index contributed by atoms with van der Waals surface area (Å²) in [7, 11) is 0. The van der Waals surface area contributed by atoms with Crippen LogP contribution in [0.1, 0.15) is 10.6 Å². The van der Waals surface area contributed by atoms with Gasteiger partial charge in [-0.2, -0.15) is 0 Å². The number of halogens is 1. The summed E-state index contributed by atoms with van der Waals surface area (Å²) in [6, 6.07) is 6.93. The van der Waals surface area contributed by atoms with Gasteiger partial charge in [0, 0.05) is 11.6 Å². The smallest absolute Gasteiger partial charge is 0.374 e. The van der Waals surface area contributed by atoms with Crippen LogP contribution in [-0.2, 0) is 0 Å². The van der Waals surface area contributed by atoms with E-state index in [1.807, 2.05) is 0 Å². The Kier molecular flexibility index (Phi) is 2.21. The van der Waals surface area contributed by atoms with Crippen molar-refractivity contribution in [3.63, 3.8) is 0 Å². The monoisotopic (exact) mass is 207 g/mol. The van der Waals surface area contributed by atoms with Gasteiger partial charge in [0.1, 0.15) is 11.5 Å². The zero-order chi connectivity index (χ0) is 10.8. The molecule has 76 valence electrons. The van der Waals surface area contributed by atoms with Crippen molar-refractivity contribution in [3.05, 3.63) is 41.9 Å². The first kappa shape index (κ1) is 9.39. The maximum atomic E-state index is 12.8. The number of hydrogen-bond acceptors (Lipinski definition) is 3. The Morgan fingerprint density at radius 1 is 1.40 bits per heavy atom. The Bertz CT molecular complexity index is 507. The van der Waals surface area contributed by atoms with E-state index in [-0.39, 0.29) is 5.76 Å². The third-order valence-electron chi connectivity index (χ3n) is 1.84. The lowest BCUT2D eigenvalue weighted by Gasteiger charge is -1.93. The molecule has 1 aromatic carbocycles. The van der Waals surface area contributed by atoms with Gasteiger partial charge in [0.2, 0.25) is 5.76 Å². The fraction of sp³-hybridized carbons (Fsp3) is 0. The molecule has 2 aromatic rings. The highest BCUT2D eigenvalue weighted by molar-refractivity contribution is 5.85. The number of benzene rings is 1. The van der Waals surface area contributed by atoms with Crippen molar-refractivity contribution >= 4 is 5.97 Å². The minimum absolute atomic E-state index is 0.269. The van der Waals surface area contributed by atoms with Gasteiger partial charge in [-0.25, -0.2) is 9.18 Å². The van der Waals surface area contributed by atoms with Crippen LogP contribution in [0.15, 0.2) is 34.9 Å². The molecule has 0 spiro atoms. The summed E-state index contributed by atoms with van der Waals surface area (Å²) in [5.74, 6) is -1.88. The molecule has 0 amide bonds. The number of nitrogens with zero attached hydrogens (tertiary/aromatic N) is 1. The Morgan fingerprint density at radius 2 is 2.20 bits per heavy atom. The van der Waals surface area contributed by atoms with E-state index >= 15 is 0 Å². The summed E-state index contributed by atoms with van der Waals surface area (Å²) in [4.78, 5) is 10.5. The Balaban J connectivity index is 2.41. The van der Waals surface area contributed by atoms with Crippen molar-refractivity contribution in [2.75, 3.05) is 0 Å². The quantitative estimate of drug-likeness (QED) is 0.819. The molecule has 0 saturated heterocycles. The molecule has 0 atom stereocenters. The van der Waals surface area contributed by atoms with Crippen LogP contribution in [0.2, 0.25) is 0 Å². The van der Waals surface area contributed by atoms with Crippen LogP contribution >= 0.6 is 0 Å². The molecule has 5 heteroatoms. The van der Waals surface area contributed by atoms with Crippen molar-refractivity contribution in [1.29, 1.82) is 0 Å². The Morgan fingerprint density at radius 3 is 2.80 bits per heavy atom. The third kappa shape index (κ3) is 1.85. The second kappa shape index (κ2) is 3.53. The van der Waals surface area contributed by atoms with Gasteiger partial charge in [0.15, 0.2) is 0 Å². The number of rotatable bonds is 2. The molecule has 1 aromatic heterocycles. The van der Waals surface area contributed by atoms with Gasteiger partial charge < -0.3 is 9.63 Å². The van der Waals surface area contributed by atoms with Crippen molar-refractivity contribution in [1.82, 2.24) is 5.16 Å². The molecular formula is C10H6FNO3. The van der Waals surface area contributed by atoms with Crippen LogP contribution < -0.4 is 0 Å². The number of carbonyl (C=O) groups is 1. The molecule has 0 fully saturated rings. The molecule has 0 aliphatic carbocycles. The first-order valence-corrected chi connectivity index (χ1v) is 4.13. The molecule has 0 unspecified atom stereocenters. The van der Waals surface area contributed by atoms with Crippen LogP contribution in [0.25, 0.3) is 11.3 Å². The largest absolute Gasteiger partial charge is 0.475 e. The van der Waals surface area contributed by atoms with Gasteiger partial charge in [0.05, 0.1) is 0 Å². The van der Waals surface area contributed by atoms with Gasteiger partial charge in [-0.15, -0.1) is 0 Å². The second-order valence-corrected chi connectivity index (χ2v) is 2.89. The van der Waals surface area contributed by atoms with Crippen LogP contribution in [0.4, 0.5) is 4.39 Å². The maximum absolute atomic E-state index is 12.8. The van der Waals surface area contributed by atoms with E-state index in [1.54, 1.807) is 6.07 Å². The van der Waals surface area contributed by atoms with Gasteiger partial charge in [-0.3, -0.25) is 0 Å². The van der Waals surface area contributed by atoms with Gasteiger partial charge in [-0.05, 0) is 12.1 Å². The normalized spacial score (nSPS) is 10.2. The van der Waals surface area contributed by atoms with E-state index < -0.39 is 11.8 Å². The van der Waals surface area contributed by atoms with Crippen molar-refractivity contribution in [3.8, 4) is 11.3 Å². The first-order valence-electron chi connectivity index (χ1n) is 4.13. The van der Waals surface area contributed by atoms with Gasteiger partial charge in [0.25, 0.3) is 0 Å². The van der Waals surface area contributed by atoms with Crippen molar-refractivity contribution in [2.24, 2.45) is 0 Å². The third-order valence-corrected chi connectivity index (χ3v) is 1.84. The van der Waals surface area contributed by atoms with Crippen molar-refractivity contribution in [2.45, 2.75) is 0 Å². The van der Waals surface area contributed by atoms with E-state index in [1.165, 1.54) is 24.3 Å². The molecule has 0 bridgehead atoms. The fourth-order valence-corrected chi connectivity index (χ4v) is 1.16.